The van der Waals surface area contributed by atoms with E-state index in [0.29, 0.717) is 0 Å². The van der Waals surface area contributed by atoms with Gasteiger partial charge in [-0.25, -0.2) is 0 Å². The summed E-state index contributed by atoms with van der Waals surface area (Å²) in [5.74, 6) is 0. The summed E-state index contributed by atoms with van der Waals surface area (Å²) in [6.07, 6.45) is 0. The van der Waals surface area contributed by atoms with Gasteiger partial charge in [0.05, 0.1) is 0 Å². The monoisotopic (exact) mass is 490 g/mol. The molecule has 0 radical (unpaired) electrons. The average Bonchev–Trinajstić information content (AvgIpc) is 2.77. The van der Waals surface area contributed by atoms with E-state index in [-0.39, 0.29) is 17.0 Å². The summed E-state index contributed by atoms with van der Waals surface area (Å²) in [5, 5.41) is 21.1. The van der Waals surface area contributed by atoms with Gasteiger partial charge in [0, 0.05) is 78.5 Å². The van der Waals surface area contributed by atoms with Gasteiger partial charge in [0.2, 0.25) is 0 Å². The Kier molecular flexibility index (Phi) is 13.7. The third-order valence-corrected chi connectivity index (χ3v) is 5.21. The van der Waals surface area contributed by atoms with Crippen molar-refractivity contribution in [2.45, 2.75) is 26.2 Å². The van der Waals surface area contributed by atoms with E-state index in [0.717, 1.165) is 78.5 Å². The summed E-state index contributed by atoms with van der Waals surface area (Å²) < 4.78 is 0. The molecule has 172 valence electrons. The largest absolute Gasteiger partial charge is 0.314 e. The molecule has 0 fully saturated rings. The van der Waals surface area contributed by atoms with Crippen LogP contribution in [-0.4, -0.2) is 52.4 Å². The molecule has 7 heteroatoms. The topological polar surface area (TPSA) is 72.2 Å². The van der Waals surface area contributed by atoms with Gasteiger partial charge in [0.25, 0.3) is 0 Å². The van der Waals surface area contributed by atoms with Gasteiger partial charge in [-0.1, -0.05) is 48.5 Å². The van der Waals surface area contributed by atoms with E-state index in [1.165, 1.54) is 22.3 Å². The molecule has 1 heterocycles. The minimum atomic E-state index is 0. The molecule has 0 amide bonds. The van der Waals surface area contributed by atoms with Crippen molar-refractivity contribution in [2.75, 3.05) is 52.4 Å². The van der Waals surface area contributed by atoms with E-state index in [9.17, 15) is 0 Å². The fraction of sp³-hybridized carbons (Fsp3) is 0.500. The molecule has 2 aromatic carbocycles. The first-order valence-corrected chi connectivity index (χ1v) is 11.3. The fourth-order valence-corrected chi connectivity index (χ4v) is 3.59. The standard InChI is InChI=1S/C24H38N6.BrH/c1-3-21-15-22(4-1)18-28-12-8-26-10-14-30-20-24-6-2-5-23(16-24)19-29-13-9-25-7-11-27-17-21;/h1-6,15-16,25-30H,7-14,17-20H2;1H. The van der Waals surface area contributed by atoms with Crippen LogP contribution in [-0.2, 0) is 26.2 Å². The van der Waals surface area contributed by atoms with Gasteiger partial charge in [0.15, 0.2) is 0 Å². The maximum atomic E-state index is 3.53. The van der Waals surface area contributed by atoms with Crippen LogP contribution in [0.15, 0.2) is 48.5 Å². The molecule has 0 spiro atoms. The highest BCUT2D eigenvalue weighted by molar-refractivity contribution is 8.93. The molecule has 6 nitrogen and oxygen atoms in total. The van der Waals surface area contributed by atoms with E-state index in [2.05, 4.69) is 80.4 Å². The van der Waals surface area contributed by atoms with Crippen LogP contribution in [0.1, 0.15) is 22.3 Å². The van der Waals surface area contributed by atoms with E-state index >= 15 is 0 Å². The molecule has 2 aromatic rings. The van der Waals surface area contributed by atoms with Gasteiger partial charge in [-0.05, 0) is 22.3 Å². The Balaban J connectivity index is 0.00000341. The van der Waals surface area contributed by atoms with Crippen molar-refractivity contribution < 1.29 is 0 Å². The zero-order chi connectivity index (χ0) is 20.7. The number of nitrogens with one attached hydrogen (secondary N) is 6. The second-order valence-corrected chi connectivity index (χ2v) is 7.85. The van der Waals surface area contributed by atoms with E-state index in [4.69, 9.17) is 0 Å². The van der Waals surface area contributed by atoms with E-state index in [1.807, 2.05) is 0 Å². The Morgan fingerprint density at radius 3 is 0.935 bits per heavy atom. The van der Waals surface area contributed by atoms with Crippen LogP contribution in [0.3, 0.4) is 0 Å². The van der Waals surface area contributed by atoms with Crippen molar-refractivity contribution >= 4 is 17.0 Å². The maximum Gasteiger partial charge on any atom is 0.0206 e. The molecule has 0 aromatic heterocycles. The highest BCUT2D eigenvalue weighted by Gasteiger charge is 1.99. The lowest BCUT2D eigenvalue weighted by Gasteiger charge is -2.11. The number of fused-ring (bicyclic) bond motifs is 4. The highest BCUT2D eigenvalue weighted by Crippen LogP contribution is 2.05. The van der Waals surface area contributed by atoms with Crippen LogP contribution in [0, 0.1) is 0 Å². The van der Waals surface area contributed by atoms with Gasteiger partial charge < -0.3 is 31.9 Å². The van der Waals surface area contributed by atoms with Crippen LogP contribution >= 0.6 is 17.0 Å². The lowest BCUT2D eigenvalue weighted by molar-refractivity contribution is 0.576. The lowest BCUT2D eigenvalue weighted by Crippen LogP contribution is -2.32. The smallest absolute Gasteiger partial charge is 0.0206 e. The maximum absolute atomic E-state index is 3.53. The SMILES string of the molecule is Br.c1cc2cc(c1)CNCCNCCNCc1cccc(c1)CNCCNCCNC2. The summed E-state index contributed by atoms with van der Waals surface area (Å²) in [6, 6.07) is 17.7. The minimum absolute atomic E-state index is 0. The number of hydrogen-bond acceptors (Lipinski definition) is 6. The van der Waals surface area contributed by atoms with Crippen molar-refractivity contribution in [3.05, 3.63) is 70.8 Å². The quantitative estimate of drug-likeness (QED) is 0.336. The molecule has 31 heavy (non-hydrogen) atoms. The van der Waals surface area contributed by atoms with Crippen LogP contribution in [0.2, 0.25) is 0 Å². The summed E-state index contributed by atoms with van der Waals surface area (Å²) in [4.78, 5) is 0. The van der Waals surface area contributed by atoms with Crippen molar-refractivity contribution in [1.29, 1.82) is 0 Å². The van der Waals surface area contributed by atoms with Crippen molar-refractivity contribution in [3.8, 4) is 0 Å². The molecule has 0 saturated heterocycles. The van der Waals surface area contributed by atoms with E-state index < -0.39 is 0 Å². The molecule has 1 aliphatic heterocycles. The van der Waals surface area contributed by atoms with Gasteiger partial charge in [-0.2, -0.15) is 0 Å². The molecule has 0 saturated carbocycles. The molecule has 0 atom stereocenters. The zero-order valence-electron chi connectivity index (χ0n) is 18.5. The second-order valence-electron chi connectivity index (χ2n) is 7.85. The molecular formula is C24H39BrN6. The van der Waals surface area contributed by atoms with Crippen molar-refractivity contribution in [2.24, 2.45) is 0 Å². The first kappa shape index (κ1) is 25.9. The first-order valence-electron chi connectivity index (χ1n) is 11.3. The van der Waals surface area contributed by atoms with Gasteiger partial charge in [-0.15, -0.1) is 17.0 Å². The van der Waals surface area contributed by atoms with Crippen molar-refractivity contribution in [1.82, 2.24) is 31.9 Å². The van der Waals surface area contributed by atoms with Crippen LogP contribution in [0.25, 0.3) is 0 Å². The van der Waals surface area contributed by atoms with E-state index in [1.54, 1.807) is 0 Å². The molecule has 0 unspecified atom stereocenters. The van der Waals surface area contributed by atoms with Gasteiger partial charge in [-0.3, -0.25) is 0 Å². The molecule has 3 rings (SSSR count). The molecule has 1 aliphatic rings. The van der Waals surface area contributed by atoms with Gasteiger partial charge in [0.1, 0.15) is 0 Å². The van der Waals surface area contributed by atoms with Gasteiger partial charge >= 0.3 is 0 Å². The minimum Gasteiger partial charge on any atom is -0.314 e. The molecule has 0 aliphatic carbocycles. The summed E-state index contributed by atoms with van der Waals surface area (Å²) in [7, 11) is 0. The van der Waals surface area contributed by atoms with Crippen molar-refractivity contribution in [3.63, 3.8) is 0 Å². The number of rotatable bonds is 0. The second kappa shape index (κ2) is 16.3. The molecular weight excluding hydrogens is 452 g/mol. The molecule has 4 bridgehead atoms. The number of halogens is 1. The fourth-order valence-electron chi connectivity index (χ4n) is 3.59. The number of benzene rings is 2. The summed E-state index contributed by atoms with van der Waals surface area (Å²) in [6.45, 7) is 11.5. The molecule has 6 N–H and O–H groups in total. The summed E-state index contributed by atoms with van der Waals surface area (Å²) >= 11 is 0. The first-order chi connectivity index (χ1) is 14.9. The van der Waals surface area contributed by atoms with Crippen LogP contribution in [0.4, 0.5) is 0 Å². The Morgan fingerprint density at radius 1 is 0.387 bits per heavy atom. The lowest BCUT2D eigenvalue weighted by atomic mass is 10.1. The Morgan fingerprint density at radius 2 is 0.645 bits per heavy atom. The average molecular weight is 492 g/mol. The number of hydrogen-bond donors (Lipinski definition) is 6. The van der Waals surface area contributed by atoms with Crippen LogP contribution < -0.4 is 31.9 Å². The zero-order valence-corrected chi connectivity index (χ0v) is 20.2. The Bertz CT molecular complexity index is 615. The normalized spacial score (nSPS) is 18.3. The highest BCUT2D eigenvalue weighted by atomic mass is 79.9. The Hall–Kier alpha value is -1.32. The van der Waals surface area contributed by atoms with Crippen LogP contribution in [0.5, 0.6) is 0 Å². The third kappa shape index (κ3) is 11.2. The third-order valence-electron chi connectivity index (χ3n) is 5.21. The predicted molar refractivity (Wildman–Crippen MR) is 136 cm³/mol. The predicted octanol–water partition coefficient (Wildman–Crippen LogP) is 1.52. The Labute approximate surface area is 198 Å². The summed E-state index contributed by atoms with van der Waals surface area (Å²) in [5.41, 5.74) is 5.38.